The second-order valence-corrected chi connectivity index (χ2v) is 26.1. The van der Waals surface area contributed by atoms with Gasteiger partial charge < -0.3 is 58.7 Å². The van der Waals surface area contributed by atoms with Gasteiger partial charge in [0, 0.05) is 74.4 Å². The SMILES string of the molecule is CC/C1=C\[C@H](CO)C[C@@H](C)C(O[C@H]2C[C@H](O)[C@H](O[C@H]3C[C@H](OC)[C@@H](O[C@H]4C[C@H](O)[C@H](O)[C@@H](C)O4)[C@H](C)O3)[C@@H](C)O2)C(C)CCC(C)[C@@H]2C=C(C)[C@H](C)C[C@]23CC(=O)C(=C3O)C(=O)[C@@]2(CC)[C@H]3[C@H](C=C(C)[C@@H]12)[C@@H](C)CC(=O)[C@@H]3C. The number of hydrogen-bond donors (Lipinski definition) is 5. The van der Waals surface area contributed by atoms with Gasteiger partial charge in [-0.25, -0.2) is 0 Å². The summed E-state index contributed by atoms with van der Waals surface area (Å²) in [5, 5.41) is 56.9. The molecule has 0 radical (unpaired) electrons. The molecule has 440 valence electrons. The highest BCUT2D eigenvalue weighted by Crippen LogP contribution is 2.64. The Hall–Kier alpha value is -2.67. The Morgan fingerprint density at radius 2 is 1.29 bits per heavy atom. The molecule has 0 aromatic carbocycles. The van der Waals surface area contributed by atoms with E-state index in [0.717, 1.165) is 24.0 Å². The van der Waals surface area contributed by atoms with Gasteiger partial charge in [0.1, 0.15) is 29.9 Å². The van der Waals surface area contributed by atoms with E-state index in [9.17, 15) is 35.1 Å². The van der Waals surface area contributed by atoms with Crippen LogP contribution in [0.4, 0.5) is 0 Å². The van der Waals surface area contributed by atoms with Gasteiger partial charge in [-0.05, 0) is 120 Å². The molecule has 4 fully saturated rings. The molecular formula is C63H98O15. The summed E-state index contributed by atoms with van der Waals surface area (Å²) in [6.45, 7) is 26.4. The molecule has 3 unspecified atom stereocenters. The van der Waals surface area contributed by atoms with Gasteiger partial charge in [0.2, 0.25) is 0 Å². The summed E-state index contributed by atoms with van der Waals surface area (Å²) < 4.78 is 44.6. The van der Waals surface area contributed by atoms with Gasteiger partial charge in [0.25, 0.3) is 0 Å². The molecule has 5 N–H and O–H groups in total. The Kier molecular flexibility index (Phi) is 19.4. The fourth-order valence-corrected chi connectivity index (χ4v) is 16.7. The molecule has 15 heteroatoms. The number of hydrogen-bond acceptors (Lipinski definition) is 15. The number of fused-ring (bicyclic) bond motifs is 3. The monoisotopic (exact) mass is 1090 g/mol. The number of Topliss-reactive ketones (excluding diaryl/α,β-unsaturated/α-hetero) is 3. The highest BCUT2D eigenvalue weighted by atomic mass is 16.7. The third-order valence-corrected chi connectivity index (χ3v) is 21.0. The summed E-state index contributed by atoms with van der Waals surface area (Å²) in [4.78, 5) is 45.4. The van der Waals surface area contributed by atoms with Gasteiger partial charge in [-0.3, -0.25) is 14.4 Å². The van der Waals surface area contributed by atoms with Crippen molar-refractivity contribution in [1.82, 2.24) is 0 Å². The number of carbonyl (C=O) groups is 3. The predicted octanol–water partition coefficient (Wildman–Crippen LogP) is 9.07. The van der Waals surface area contributed by atoms with Crippen molar-refractivity contribution in [2.75, 3.05) is 13.7 Å². The van der Waals surface area contributed by atoms with Crippen LogP contribution in [-0.2, 0) is 47.5 Å². The van der Waals surface area contributed by atoms with Crippen LogP contribution in [0.15, 0.2) is 46.3 Å². The van der Waals surface area contributed by atoms with Gasteiger partial charge >= 0.3 is 0 Å². The van der Waals surface area contributed by atoms with Gasteiger partial charge in [-0.15, -0.1) is 0 Å². The van der Waals surface area contributed by atoms with Crippen LogP contribution in [0, 0.1) is 75.9 Å². The zero-order valence-corrected chi connectivity index (χ0v) is 49.4. The molecule has 0 amide bonds. The van der Waals surface area contributed by atoms with Gasteiger partial charge in [0.05, 0.1) is 48.3 Å². The minimum Gasteiger partial charge on any atom is -0.511 e. The van der Waals surface area contributed by atoms with Crippen molar-refractivity contribution >= 4 is 17.3 Å². The first-order chi connectivity index (χ1) is 36.8. The number of carbonyl (C=O) groups excluding carboxylic acids is 3. The van der Waals surface area contributed by atoms with E-state index in [1.165, 1.54) is 5.57 Å². The second-order valence-electron chi connectivity index (χ2n) is 26.1. The average Bonchev–Trinajstić information content (AvgIpc) is 3.87. The number of ketones is 3. The fraction of sp³-hybridized carbons (Fsp3) is 0.825. The number of methoxy groups -OCH3 is 1. The third kappa shape index (κ3) is 11.4. The van der Waals surface area contributed by atoms with Crippen molar-refractivity contribution in [1.29, 1.82) is 0 Å². The lowest BCUT2D eigenvalue weighted by Gasteiger charge is -2.56. The van der Waals surface area contributed by atoms with Crippen LogP contribution in [0.3, 0.4) is 0 Å². The largest absolute Gasteiger partial charge is 0.511 e. The van der Waals surface area contributed by atoms with Crippen molar-refractivity contribution < 1.29 is 73.1 Å². The van der Waals surface area contributed by atoms with Crippen LogP contribution in [0.2, 0.25) is 0 Å². The molecule has 0 aromatic heterocycles. The maximum absolute atomic E-state index is 16.3. The molecule has 1 spiro atoms. The predicted molar refractivity (Wildman–Crippen MR) is 293 cm³/mol. The fourth-order valence-electron chi connectivity index (χ4n) is 16.7. The average molecular weight is 1100 g/mol. The highest BCUT2D eigenvalue weighted by molar-refractivity contribution is 6.24. The second kappa shape index (κ2) is 24.7. The molecule has 26 atom stereocenters. The molecular weight excluding hydrogens is 997 g/mol. The Morgan fingerprint density at radius 3 is 1.91 bits per heavy atom. The summed E-state index contributed by atoms with van der Waals surface area (Å²) in [7, 11) is 1.59. The first-order valence-corrected chi connectivity index (χ1v) is 30.1. The molecule has 3 saturated heterocycles. The molecule has 8 aliphatic rings. The van der Waals surface area contributed by atoms with Crippen molar-refractivity contribution in [2.24, 2.45) is 75.9 Å². The van der Waals surface area contributed by atoms with Crippen LogP contribution in [0.5, 0.6) is 0 Å². The van der Waals surface area contributed by atoms with Gasteiger partial charge in [-0.1, -0.05) is 90.3 Å². The van der Waals surface area contributed by atoms with Crippen molar-refractivity contribution in [3.05, 3.63) is 46.3 Å². The molecule has 2 bridgehead atoms. The highest BCUT2D eigenvalue weighted by Gasteiger charge is 2.64. The zero-order chi connectivity index (χ0) is 57.0. The van der Waals surface area contributed by atoms with E-state index in [0.29, 0.717) is 38.5 Å². The smallest absolute Gasteiger partial charge is 0.177 e. The molecule has 1 saturated carbocycles. The van der Waals surface area contributed by atoms with Crippen molar-refractivity contribution in [3.63, 3.8) is 0 Å². The summed E-state index contributed by atoms with van der Waals surface area (Å²) in [5.41, 5.74) is 0.981. The molecule has 3 heterocycles. The minimum absolute atomic E-state index is 0.000353. The number of ether oxygens (including phenoxy) is 7. The van der Waals surface area contributed by atoms with E-state index in [1.54, 1.807) is 14.0 Å². The quantitative estimate of drug-likeness (QED) is 0.102. The van der Waals surface area contributed by atoms with Crippen LogP contribution < -0.4 is 0 Å². The van der Waals surface area contributed by atoms with Crippen LogP contribution in [0.25, 0.3) is 0 Å². The number of aliphatic hydroxyl groups is 5. The summed E-state index contributed by atoms with van der Waals surface area (Å²) >= 11 is 0. The molecule has 8 rings (SSSR count). The van der Waals surface area contributed by atoms with Crippen LogP contribution >= 0.6 is 0 Å². The topological polar surface area (TPSA) is 217 Å². The molecule has 3 aliphatic heterocycles. The van der Waals surface area contributed by atoms with E-state index < -0.39 is 102 Å². The van der Waals surface area contributed by atoms with Crippen molar-refractivity contribution in [2.45, 2.75) is 241 Å². The lowest BCUT2D eigenvalue weighted by molar-refractivity contribution is -0.338. The zero-order valence-electron chi connectivity index (χ0n) is 49.4. The number of allylic oxidation sites excluding steroid dienone is 7. The van der Waals surface area contributed by atoms with Crippen LogP contribution in [-0.4, -0.2) is 137 Å². The third-order valence-electron chi connectivity index (χ3n) is 21.0. The van der Waals surface area contributed by atoms with Crippen LogP contribution in [0.1, 0.15) is 161 Å². The number of aliphatic hydroxyl groups excluding tert-OH is 5. The molecule has 0 aromatic rings. The lowest BCUT2D eigenvalue weighted by atomic mass is 9.45. The summed E-state index contributed by atoms with van der Waals surface area (Å²) in [6.07, 6.45) is 2.08. The normalized spacial score (nSPS) is 48.7. The van der Waals surface area contributed by atoms with E-state index in [-0.39, 0.29) is 108 Å². The maximum Gasteiger partial charge on any atom is 0.177 e. The first kappa shape index (κ1) is 61.4. The standard InChI is InChI=1S/C63H98O15/c1-15-42-23-41(29-64)19-35(8)57(76-51-25-47(67)58(39(12)74-51)77-52-26-49(72-14)59(40(13)75-52)78-50-24-46(66)56(69)38(11)73-50)31(4)18-17-30(3)44-21-32(5)36(9)27-62(44)28-48(68)53(60(62)70)61(71)63(16-2)54(42)34(7)20-43-33(6)22-45(65)37(10)55(43)63/h20-21,23,30-31,33,35-41,43-44,46-47,49-52,54-59,64,66-67,69-70H,15-19,22,24-29H2,1-14H3/b42-23+/t30?,31?,33-,35+,36+,37-,38+,39+,40-,41+,43+,44-,46-,47-,49-,50-,51-,52-,54-,55+,56+,57?,58+,59-,62-,63+/m0/s1. The number of rotatable bonds is 10. The maximum atomic E-state index is 16.3. The Labute approximate surface area is 465 Å². The Bertz CT molecular complexity index is 2270. The van der Waals surface area contributed by atoms with Crippen molar-refractivity contribution in [3.8, 4) is 0 Å². The van der Waals surface area contributed by atoms with Gasteiger partial charge in [0.15, 0.2) is 30.4 Å². The summed E-state index contributed by atoms with van der Waals surface area (Å²) in [6, 6.07) is 0. The van der Waals surface area contributed by atoms with E-state index >= 15 is 4.79 Å². The van der Waals surface area contributed by atoms with E-state index in [1.807, 2.05) is 27.7 Å². The van der Waals surface area contributed by atoms with E-state index in [2.05, 4.69) is 73.6 Å². The molecule has 5 aliphatic carbocycles. The minimum atomic E-state index is -1.21. The van der Waals surface area contributed by atoms with Gasteiger partial charge in [-0.2, -0.15) is 0 Å². The Morgan fingerprint density at radius 1 is 0.692 bits per heavy atom. The molecule has 15 nitrogen and oxygen atoms in total. The summed E-state index contributed by atoms with van der Waals surface area (Å²) in [5.74, 6) is -2.61. The van der Waals surface area contributed by atoms with E-state index in [4.69, 9.17) is 33.2 Å². The molecule has 78 heavy (non-hydrogen) atoms. The lowest BCUT2D eigenvalue weighted by Crippen LogP contribution is -2.57. The first-order valence-electron chi connectivity index (χ1n) is 30.1. The Balaban J connectivity index is 1.09.